The number of ether oxygens (including phenoxy) is 1. The molecule has 0 radical (unpaired) electrons. The number of aryl methyl sites for hydroxylation is 1. The van der Waals surface area contributed by atoms with Gasteiger partial charge in [0.2, 0.25) is 5.88 Å². The highest BCUT2D eigenvalue weighted by molar-refractivity contribution is 6.36. The Bertz CT molecular complexity index is 1980. The smallest absolute Gasteiger partial charge is 0.315 e. The number of rotatable bonds is 10. The van der Waals surface area contributed by atoms with Crippen molar-refractivity contribution in [3.8, 4) is 28.3 Å². The third kappa shape index (κ3) is 9.54. The molecule has 6 rings (SSSR count). The molecule has 1 aliphatic carbocycles. The maximum absolute atomic E-state index is 15.3. The monoisotopic (exact) mass is 788 g/mol. The number of aromatic nitrogens is 1. The zero-order valence-electron chi connectivity index (χ0n) is 34.4. The molecular weight excluding hydrogens is 731 g/mol. The number of nitrogens with zero attached hydrogens (tertiary/aromatic N) is 3. The van der Waals surface area contributed by atoms with Crippen LogP contribution in [0.3, 0.4) is 0 Å². The zero-order chi connectivity index (χ0) is 41.3. The van der Waals surface area contributed by atoms with Crippen LogP contribution in [0.5, 0.6) is 5.88 Å². The molecule has 3 N–H and O–H groups in total. The van der Waals surface area contributed by atoms with Crippen LogP contribution >= 0.6 is 11.6 Å². The van der Waals surface area contributed by atoms with Gasteiger partial charge in [-0.15, -0.1) is 0 Å². The van der Waals surface area contributed by atoms with Gasteiger partial charge in [-0.3, -0.25) is 14.5 Å². The zero-order valence-corrected chi connectivity index (χ0v) is 35.2. The lowest BCUT2D eigenvalue weighted by Gasteiger charge is -2.38. The van der Waals surface area contributed by atoms with E-state index in [9.17, 15) is 14.4 Å². The molecule has 56 heavy (non-hydrogen) atoms. The molecule has 2 atom stereocenters. The molecule has 1 fully saturated rings. The van der Waals surface area contributed by atoms with E-state index < -0.39 is 17.6 Å². The van der Waals surface area contributed by atoms with Gasteiger partial charge in [0, 0.05) is 54.8 Å². The topological polar surface area (TPSA) is 116 Å². The Morgan fingerprint density at radius 2 is 1.88 bits per heavy atom. The second kappa shape index (κ2) is 19.3. The van der Waals surface area contributed by atoms with E-state index in [-0.39, 0.29) is 27.7 Å². The third-order valence-electron chi connectivity index (χ3n) is 11.1. The summed E-state index contributed by atoms with van der Waals surface area (Å²) < 4.78 is 20.9. The second-order valence-electron chi connectivity index (χ2n) is 14.5. The molecule has 4 amide bonds. The molecule has 0 saturated carbocycles. The summed E-state index contributed by atoms with van der Waals surface area (Å²) in [6.07, 6.45) is 9.96. The van der Waals surface area contributed by atoms with Crippen LogP contribution in [0.1, 0.15) is 89.8 Å². The summed E-state index contributed by atoms with van der Waals surface area (Å²) in [4.78, 5) is 44.7. The molecule has 302 valence electrons. The molecule has 0 spiro atoms. The van der Waals surface area contributed by atoms with Crippen LogP contribution in [-0.2, 0) is 22.4 Å². The van der Waals surface area contributed by atoms with E-state index in [1.165, 1.54) is 30.0 Å². The predicted molar refractivity (Wildman–Crippen MR) is 224 cm³/mol. The van der Waals surface area contributed by atoms with Crippen molar-refractivity contribution in [2.45, 2.75) is 98.4 Å². The first-order valence-corrected chi connectivity index (χ1v) is 20.1. The van der Waals surface area contributed by atoms with Gasteiger partial charge in [-0.1, -0.05) is 71.4 Å². The van der Waals surface area contributed by atoms with Crippen molar-refractivity contribution < 1.29 is 23.5 Å². The first kappa shape index (κ1) is 43.8. The number of pyridine rings is 1. The van der Waals surface area contributed by atoms with Crippen molar-refractivity contribution in [3.05, 3.63) is 88.1 Å². The number of likely N-dealkylation sites (N-methyl/N-ethyl adjacent to an activating group) is 1. The van der Waals surface area contributed by atoms with E-state index in [0.717, 1.165) is 62.1 Å². The second-order valence-corrected chi connectivity index (χ2v) is 14.9. The first-order valence-electron chi connectivity index (χ1n) is 19.7. The number of carbonyl (C=O) groups excluding carboxylic acids is 3. The summed E-state index contributed by atoms with van der Waals surface area (Å²) >= 11 is 6.87. The highest BCUT2D eigenvalue weighted by Crippen LogP contribution is 2.42. The molecule has 3 aromatic rings. The Kier molecular flexibility index (Phi) is 15.1. The van der Waals surface area contributed by atoms with Crippen LogP contribution in [0.4, 0.5) is 14.9 Å². The number of carbonyl (C=O) groups is 3. The molecule has 2 aliphatic heterocycles. The number of hydrogen-bond donors (Lipinski definition) is 3. The van der Waals surface area contributed by atoms with Crippen molar-refractivity contribution in [3.63, 3.8) is 0 Å². The normalized spacial score (nSPS) is 18.0. The quantitative estimate of drug-likeness (QED) is 0.177. The SMILES string of the molecule is C=C1N(C)C=C(C(=O)Nc2cccc(-c3c(F)ccc(-c4cc5c(c(OC)n4)CCC5)c3Cl)c2C)C(=O)N1C.CC.CCC(C)CCC1(CC)CCNC(=O)N1. The molecule has 3 aliphatic rings. The Hall–Kier alpha value is -4.90. The van der Waals surface area contributed by atoms with Crippen LogP contribution in [0.15, 0.2) is 60.6 Å². The van der Waals surface area contributed by atoms with Crippen LogP contribution < -0.4 is 20.7 Å². The minimum atomic E-state index is -0.582. The van der Waals surface area contributed by atoms with Crippen molar-refractivity contribution in [1.82, 2.24) is 25.4 Å². The molecule has 1 aromatic heterocycles. The summed E-state index contributed by atoms with van der Waals surface area (Å²) in [5, 5.41) is 8.94. The fourth-order valence-electron chi connectivity index (χ4n) is 7.21. The summed E-state index contributed by atoms with van der Waals surface area (Å²) in [6.45, 7) is 17.1. The van der Waals surface area contributed by atoms with E-state index in [0.29, 0.717) is 39.8 Å². The summed E-state index contributed by atoms with van der Waals surface area (Å²) in [7, 11) is 4.85. The minimum absolute atomic E-state index is 0.00671. The number of amides is 4. The summed E-state index contributed by atoms with van der Waals surface area (Å²) in [5.41, 5.74) is 5.21. The van der Waals surface area contributed by atoms with Gasteiger partial charge in [0.1, 0.15) is 17.2 Å². The van der Waals surface area contributed by atoms with E-state index >= 15 is 4.39 Å². The van der Waals surface area contributed by atoms with Crippen LogP contribution in [-0.4, -0.2) is 65.9 Å². The average Bonchev–Trinajstić information content (AvgIpc) is 3.68. The fraction of sp³-hybridized carbons (Fsp3) is 0.455. The van der Waals surface area contributed by atoms with E-state index in [1.54, 1.807) is 57.3 Å². The van der Waals surface area contributed by atoms with E-state index in [4.69, 9.17) is 16.3 Å². The Morgan fingerprint density at radius 1 is 1.14 bits per heavy atom. The number of methoxy groups -OCH3 is 1. The summed E-state index contributed by atoms with van der Waals surface area (Å²) in [5.74, 6) is 0.227. The van der Waals surface area contributed by atoms with Crippen molar-refractivity contribution in [2.75, 3.05) is 33.1 Å². The van der Waals surface area contributed by atoms with Gasteiger partial charge < -0.3 is 25.6 Å². The maximum atomic E-state index is 15.3. The van der Waals surface area contributed by atoms with E-state index in [1.807, 2.05) is 19.9 Å². The highest BCUT2D eigenvalue weighted by Gasteiger charge is 2.33. The summed E-state index contributed by atoms with van der Waals surface area (Å²) in [6, 6.07) is 10.1. The van der Waals surface area contributed by atoms with Gasteiger partial charge in [-0.05, 0) is 98.7 Å². The largest absolute Gasteiger partial charge is 0.481 e. The number of urea groups is 1. The minimum Gasteiger partial charge on any atom is -0.481 e. The van der Waals surface area contributed by atoms with Crippen LogP contribution in [0.25, 0.3) is 22.4 Å². The van der Waals surface area contributed by atoms with Gasteiger partial charge in [0.25, 0.3) is 11.8 Å². The van der Waals surface area contributed by atoms with Crippen LogP contribution in [0.2, 0.25) is 5.02 Å². The maximum Gasteiger partial charge on any atom is 0.315 e. The molecule has 2 unspecified atom stereocenters. The van der Waals surface area contributed by atoms with Crippen molar-refractivity contribution in [2.24, 2.45) is 5.92 Å². The molecule has 0 bridgehead atoms. The lowest BCUT2D eigenvalue weighted by Crippen LogP contribution is -2.58. The van der Waals surface area contributed by atoms with Gasteiger partial charge in [-0.2, -0.15) is 0 Å². The lowest BCUT2D eigenvalue weighted by atomic mass is 9.83. The van der Waals surface area contributed by atoms with Gasteiger partial charge in [-0.25, -0.2) is 14.2 Å². The Labute approximate surface area is 336 Å². The molecular formula is C44H58ClFN6O4. The number of halogens is 2. The molecule has 10 nitrogen and oxygen atoms in total. The molecule has 12 heteroatoms. The van der Waals surface area contributed by atoms with Gasteiger partial charge >= 0.3 is 6.03 Å². The third-order valence-corrected chi connectivity index (χ3v) is 11.5. The molecule has 3 heterocycles. The predicted octanol–water partition coefficient (Wildman–Crippen LogP) is 9.40. The van der Waals surface area contributed by atoms with Crippen molar-refractivity contribution in [1.29, 1.82) is 0 Å². The molecule has 1 saturated heterocycles. The van der Waals surface area contributed by atoms with E-state index in [2.05, 4.69) is 48.3 Å². The fourth-order valence-corrected chi connectivity index (χ4v) is 7.56. The average molecular weight is 789 g/mol. The first-order chi connectivity index (χ1) is 26.7. The van der Waals surface area contributed by atoms with Crippen LogP contribution in [0, 0.1) is 18.7 Å². The number of hydrogen-bond acceptors (Lipinski definition) is 6. The molecule has 2 aromatic carbocycles. The van der Waals surface area contributed by atoms with Crippen molar-refractivity contribution >= 4 is 35.1 Å². The lowest BCUT2D eigenvalue weighted by molar-refractivity contribution is -0.128. The number of anilines is 1. The standard InChI is InChI=1S/C30H28ClFN4O3.C12H24N2O.C2H6/c1-16-19(9-7-11-24(16)33-28(37)22-15-35(3)17(2)36(4)30(22)38)26-23(32)13-12-21(27(26)31)25-14-18-8-6-10-20(18)29(34-25)39-5;1-4-10(3)6-7-12(5-2)8-9-13-11(15)14-12;1-2/h7,9,11-15H,2,6,8,10H2,1,3-5H3,(H,33,37);10H,4-9H2,1-3H3,(H2,13,14,15);1-2H3. The Balaban J connectivity index is 0.000000344. The number of nitrogens with one attached hydrogen (secondary N) is 3. The van der Waals surface area contributed by atoms with Gasteiger partial charge in [0.15, 0.2) is 0 Å². The van der Waals surface area contributed by atoms with Gasteiger partial charge in [0.05, 0.1) is 17.8 Å². The number of benzene rings is 2. The Morgan fingerprint density at radius 3 is 2.54 bits per heavy atom. The number of fused-ring (bicyclic) bond motifs is 1. The highest BCUT2D eigenvalue weighted by atomic mass is 35.5.